The number of aromatic carboxylic acids is 1. The second-order valence-corrected chi connectivity index (χ2v) is 8.19. The Morgan fingerprint density at radius 3 is 2.93 bits per heavy atom. The van der Waals surface area contributed by atoms with Gasteiger partial charge in [0.25, 0.3) is 6.43 Å². The fraction of sp³-hybridized carbons (Fsp3) is 0.611. The maximum Gasteiger partial charge on any atom is 0.355 e. The highest BCUT2D eigenvalue weighted by atomic mass is 32.1. The van der Waals surface area contributed by atoms with Crippen LogP contribution >= 0.6 is 11.3 Å². The smallest absolute Gasteiger partial charge is 0.355 e. The topological polar surface area (TPSA) is 113 Å². The molecule has 2 N–H and O–H groups in total. The molecule has 1 atom stereocenters. The number of carbonyl (C=O) groups is 2. The Kier molecular flexibility index (Phi) is 7.80. The molecule has 0 saturated carbocycles. The molecular formula is C18H24F2N6O3S. The zero-order valence-electron chi connectivity index (χ0n) is 16.3. The predicted molar refractivity (Wildman–Crippen MR) is 105 cm³/mol. The summed E-state index contributed by atoms with van der Waals surface area (Å²) >= 11 is 1.26. The molecule has 0 spiro atoms. The van der Waals surface area contributed by atoms with E-state index >= 15 is 0 Å². The number of rotatable bonds is 11. The molecule has 1 aliphatic rings. The molecule has 1 amide bonds. The van der Waals surface area contributed by atoms with Crippen molar-refractivity contribution in [3.05, 3.63) is 28.0 Å². The second kappa shape index (κ2) is 10.5. The minimum Gasteiger partial charge on any atom is -0.476 e. The second-order valence-electron chi connectivity index (χ2n) is 7.25. The number of aryl methyl sites for hydroxylation is 1. The number of halogens is 2. The molecule has 1 unspecified atom stereocenters. The van der Waals surface area contributed by atoms with Gasteiger partial charge in [-0.2, -0.15) is 0 Å². The number of carboxylic acid groups (broad SMARTS) is 1. The molecular weight excluding hydrogens is 418 g/mol. The Labute approximate surface area is 176 Å². The quantitative estimate of drug-likeness (QED) is 0.509. The van der Waals surface area contributed by atoms with Crippen molar-refractivity contribution in [3.8, 4) is 0 Å². The van der Waals surface area contributed by atoms with Crippen molar-refractivity contribution in [2.75, 3.05) is 19.6 Å². The van der Waals surface area contributed by atoms with E-state index < -0.39 is 12.4 Å². The van der Waals surface area contributed by atoms with Crippen molar-refractivity contribution in [1.29, 1.82) is 0 Å². The molecule has 164 valence electrons. The monoisotopic (exact) mass is 442 g/mol. The summed E-state index contributed by atoms with van der Waals surface area (Å²) in [4.78, 5) is 28.6. The number of carbonyl (C=O) groups excluding carboxylic acids is 1. The average Bonchev–Trinajstić information content (AvgIpc) is 3.41. The summed E-state index contributed by atoms with van der Waals surface area (Å²) in [5, 5.41) is 22.1. The maximum atomic E-state index is 12.4. The molecule has 0 aliphatic carbocycles. The van der Waals surface area contributed by atoms with Gasteiger partial charge in [-0.1, -0.05) is 5.21 Å². The van der Waals surface area contributed by atoms with Crippen LogP contribution in [0.3, 0.4) is 0 Å². The molecule has 1 saturated heterocycles. The molecule has 2 aromatic rings. The van der Waals surface area contributed by atoms with Gasteiger partial charge in [0.1, 0.15) is 5.01 Å². The van der Waals surface area contributed by atoms with Crippen LogP contribution in [-0.4, -0.2) is 74.0 Å². The van der Waals surface area contributed by atoms with Crippen molar-refractivity contribution in [3.63, 3.8) is 0 Å². The van der Waals surface area contributed by atoms with Gasteiger partial charge >= 0.3 is 5.97 Å². The van der Waals surface area contributed by atoms with Gasteiger partial charge < -0.3 is 10.4 Å². The fourth-order valence-corrected chi connectivity index (χ4v) is 4.11. The Balaban J connectivity index is 1.32. The standard InChI is InChI=1S/C18H24F2N6O3S/c19-15(20)9-25-6-5-12(7-25)21-16(27)4-2-1-3-13-8-26(24-23-13)10-17-22-14(11-30-17)18(28)29/h8,11-12,15H,1-7,9-10H2,(H,21,27)(H,28,29). The van der Waals surface area contributed by atoms with E-state index in [0.717, 1.165) is 12.1 Å². The van der Waals surface area contributed by atoms with Gasteiger partial charge in [-0.05, 0) is 25.7 Å². The largest absolute Gasteiger partial charge is 0.476 e. The van der Waals surface area contributed by atoms with Gasteiger partial charge in [0.2, 0.25) is 5.91 Å². The predicted octanol–water partition coefficient (Wildman–Crippen LogP) is 1.65. The minimum atomic E-state index is -2.35. The van der Waals surface area contributed by atoms with E-state index in [2.05, 4.69) is 20.6 Å². The van der Waals surface area contributed by atoms with Gasteiger partial charge in [-0.3, -0.25) is 9.69 Å². The van der Waals surface area contributed by atoms with Crippen molar-refractivity contribution in [2.45, 2.75) is 51.1 Å². The van der Waals surface area contributed by atoms with Crippen molar-refractivity contribution in [1.82, 2.24) is 30.2 Å². The van der Waals surface area contributed by atoms with Crippen molar-refractivity contribution >= 4 is 23.2 Å². The summed E-state index contributed by atoms with van der Waals surface area (Å²) in [5.74, 6) is -1.11. The molecule has 12 heteroatoms. The van der Waals surface area contributed by atoms with Gasteiger partial charge in [-0.15, -0.1) is 16.4 Å². The van der Waals surface area contributed by atoms with Crippen LogP contribution in [-0.2, 0) is 17.8 Å². The number of alkyl halides is 2. The zero-order valence-corrected chi connectivity index (χ0v) is 17.2. The summed E-state index contributed by atoms with van der Waals surface area (Å²) in [6.07, 6.45) is 2.68. The number of nitrogens with zero attached hydrogens (tertiary/aromatic N) is 5. The zero-order chi connectivity index (χ0) is 21.5. The first kappa shape index (κ1) is 22.2. The highest BCUT2D eigenvalue weighted by Gasteiger charge is 2.25. The Morgan fingerprint density at radius 1 is 1.37 bits per heavy atom. The number of hydrogen-bond acceptors (Lipinski definition) is 7. The molecule has 0 aromatic carbocycles. The molecule has 30 heavy (non-hydrogen) atoms. The third-order valence-corrected chi connectivity index (χ3v) is 5.61. The molecule has 0 bridgehead atoms. The minimum absolute atomic E-state index is 0.0212. The molecule has 1 aliphatic heterocycles. The first-order valence-corrected chi connectivity index (χ1v) is 10.6. The van der Waals surface area contributed by atoms with E-state index in [1.807, 2.05) is 0 Å². The normalized spacial score (nSPS) is 17.0. The van der Waals surface area contributed by atoms with E-state index in [-0.39, 0.29) is 24.2 Å². The number of thiazole rings is 1. The van der Waals surface area contributed by atoms with Crippen molar-refractivity contribution in [2.24, 2.45) is 0 Å². The number of aromatic nitrogens is 4. The molecule has 9 nitrogen and oxygen atoms in total. The molecule has 2 aromatic heterocycles. The van der Waals surface area contributed by atoms with Crippen LogP contribution < -0.4 is 5.32 Å². The van der Waals surface area contributed by atoms with Gasteiger partial charge in [-0.25, -0.2) is 23.2 Å². The van der Waals surface area contributed by atoms with Crippen molar-refractivity contribution < 1.29 is 23.5 Å². The Hall–Kier alpha value is -2.47. The molecule has 3 rings (SSSR count). The highest BCUT2D eigenvalue weighted by molar-refractivity contribution is 7.09. The number of nitrogens with one attached hydrogen (secondary N) is 1. The number of hydrogen-bond donors (Lipinski definition) is 2. The lowest BCUT2D eigenvalue weighted by Crippen LogP contribution is -2.37. The van der Waals surface area contributed by atoms with Crippen LogP contribution in [0.5, 0.6) is 0 Å². The molecule has 1 fully saturated rings. The first-order valence-electron chi connectivity index (χ1n) is 9.75. The van der Waals surface area contributed by atoms with E-state index in [0.29, 0.717) is 50.3 Å². The van der Waals surface area contributed by atoms with E-state index in [1.54, 1.807) is 15.8 Å². The fourth-order valence-electron chi connectivity index (χ4n) is 3.35. The highest BCUT2D eigenvalue weighted by Crippen LogP contribution is 2.13. The van der Waals surface area contributed by atoms with E-state index in [4.69, 9.17) is 5.11 Å². The summed E-state index contributed by atoms with van der Waals surface area (Å²) in [6.45, 7) is 1.18. The van der Waals surface area contributed by atoms with Crippen LogP contribution in [0.25, 0.3) is 0 Å². The van der Waals surface area contributed by atoms with Gasteiger partial charge in [0, 0.05) is 37.1 Å². The summed E-state index contributed by atoms with van der Waals surface area (Å²) in [7, 11) is 0. The summed E-state index contributed by atoms with van der Waals surface area (Å²) < 4.78 is 26.4. The number of carboxylic acids is 1. The number of likely N-dealkylation sites (tertiary alicyclic amines) is 1. The van der Waals surface area contributed by atoms with Crippen LogP contribution in [0.4, 0.5) is 8.78 Å². The molecule has 0 radical (unpaired) electrons. The van der Waals surface area contributed by atoms with Crippen LogP contribution in [0.1, 0.15) is 46.9 Å². The first-order chi connectivity index (χ1) is 14.4. The summed E-state index contributed by atoms with van der Waals surface area (Å²) in [6, 6.07) is -0.0522. The van der Waals surface area contributed by atoms with Gasteiger partial charge in [0.05, 0.1) is 18.8 Å². The SMILES string of the molecule is O=C(CCCCc1cn(Cc2nc(C(=O)O)cs2)nn1)NC1CCN(CC(F)F)C1. The molecule has 3 heterocycles. The Bertz CT molecular complexity index is 859. The maximum absolute atomic E-state index is 12.4. The summed E-state index contributed by atoms with van der Waals surface area (Å²) in [5.41, 5.74) is 0.816. The van der Waals surface area contributed by atoms with Gasteiger partial charge in [0.15, 0.2) is 5.69 Å². The average molecular weight is 442 g/mol. The third-order valence-electron chi connectivity index (χ3n) is 4.77. The van der Waals surface area contributed by atoms with Crippen LogP contribution in [0.15, 0.2) is 11.6 Å². The van der Waals surface area contributed by atoms with Crippen LogP contribution in [0.2, 0.25) is 0 Å². The Morgan fingerprint density at radius 2 is 2.20 bits per heavy atom. The van der Waals surface area contributed by atoms with E-state index in [9.17, 15) is 18.4 Å². The number of amides is 1. The third kappa shape index (κ3) is 6.80. The lowest BCUT2D eigenvalue weighted by molar-refractivity contribution is -0.121. The lowest BCUT2D eigenvalue weighted by atomic mass is 10.1. The van der Waals surface area contributed by atoms with E-state index in [1.165, 1.54) is 16.7 Å². The lowest BCUT2D eigenvalue weighted by Gasteiger charge is -2.16. The van der Waals surface area contributed by atoms with Crippen LogP contribution in [0, 0.1) is 0 Å². The number of unbranched alkanes of at least 4 members (excludes halogenated alkanes) is 1.